The van der Waals surface area contributed by atoms with Crippen LogP contribution in [0.1, 0.15) is 5.56 Å². The van der Waals surface area contributed by atoms with Crippen LogP contribution in [-0.4, -0.2) is 12.1 Å². The van der Waals surface area contributed by atoms with Crippen molar-refractivity contribution >= 4 is 22.6 Å². The van der Waals surface area contributed by atoms with Gasteiger partial charge in [0, 0.05) is 28.2 Å². The molecule has 0 aliphatic rings. The fourth-order valence-electron chi connectivity index (χ4n) is 1.40. The van der Waals surface area contributed by atoms with Crippen LogP contribution in [0, 0.1) is 10.8 Å². The Hall–Kier alpha value is -1.04. The van der Waals surface area contributed by atoms with Crippen LogP contribution in [-0.2, 0) is 0 Å². The highest BCUT2D eigenvalue weighted by atomic mass is 127. The summed E-state index contributed by atoms with van der Waals surface area (Å²) < 4.78 is 11.1. The Labute approximate surface area is 102 Å². The van der Waals surface area contributed by atoms with E-state index in [9.17, 15) is 0 Å². The van der Waals surface area contributed by atoms with Crippen molar-refractivity contribution in [3.63, 3.8) is 0 Å². The Morgan fingerprint density at radius 1 is 1.40 bits per heavy atom. The van der Waals surface area contributed by atoms with Crippen molar-refractivity contribution < 1.29 is 9.15 Å². The van der Waals surface area contributed by atoms with Gasteiger partial charge in [-0.05, 0) is 19.1 Å². The summed E-state index contributed by atoms with van der Waals surface area (Å²) in [5.41, 5.74) is 2.94. The number of hydrogen-bond acceptors (Lipinski definition) is 3. The highest BCUT2D eigenvalue weighted by molar-refractivity contribution is 14.1. The van der Waals surface area contributed by atoms with Crippen molar-refractivity contribution in [2.45, 2.75) is 6.92 Å². The molecule has 0 aliphatic carbocycles. The first-order valence-electron chi connectivity index (χ1n) is 4.47. The second-order valence-electron chi connectivity index (χ2n) is 3.19. The van der Waals surface area contributed by atoms with E-state index in [4.69, 9.17) is 9.15 Å². The number of methoxy groups -OCH3 is 1. The Bertz CT molecular complexity index is 479. The van der Waals surface area contributed by atoms with Crippen molar-refractivity contribution in [3.05, 3.63) is 33.9 Å². The van der Waals surface area contributed by atoms with Crippen molar-refractivity contribution in [2.75, 3.05) is 7.11 Å². The molecule has 0 atom stereocenters. The first-order valence-corrected chi connectivity index (χ1v) is 5.54. The smallest absolute Gasteiger partial charge is 0.257 e. The number of ether oxygens (including phenoxy) is 1. The van der Waals surface area contributed by atoms with Gasteiger partial charge in [-0.15, -0.1) is 0 Å². The minimum absolute atomic E-state index is 0.631. The molecule has 0 bridgehead atoms. The number of benzene rings is 1. The Balaban J connectivity index is 2.55. The van der Waals surface area contributed by atoms with Gasteiger partial charge in [-0.1, -0.05) is 11.6 Å². The molecular formula is C11H10INO2. The van der Waals surface area contributed by atoms with Crippen LogP contribution in [0.5, 0.6) is 5.75 Å². The third-order valence-electron chi connectivity index (χ3n) is 2.11. The maximum atomic E-state index is 5.28. The molecule has 0 unspecified atom stereocenters. The van der Waals surface area contributed by atoms with Gasteiger partial charge >= 0.3 is 0 Å². The Kier molecular flexibility index (Phi) is 2.95. The minimum atomic E-state index is 0.631. The molecule has 0 amide bonds. The maximum absolute atomic E-state index is 5.28. The second kappa shape index (κ2) is 4.22. The number of hydrogen-bond donors (Lipinski definition) is 0. The first-order chi connectivity index (χ1) is 7.20. The van der Waals surface area contributed by atoms with Crippen LogP contribution in [0.15, 0.2) is 28.9 Å². The van der Waals surface area contributed by atoms with Crippen LogP contribution in [0.3, 0.4) is 0 Å². The minimum Gasteiger partial charge on any atom is -0.496 e. The van der Waals surface area contributed by atoms with Gasteiger partial charge in [0.05, 0.1) is 7.11 Å². The van der Waals surface area contributed by atoms with E-state index >= 15 is 0 Å². The lowest BCUT2D eigenvalue weighted by atomic mass is 10.1. The zero-order chi connectivity index (χ0) is 10.8. The third-order valence-corrected chi connectivity index (χ3v) is 2.60. The molecule has 0 saturated heterocycles. The molecule has 0 saturated carbocycles. The van der Waals surface area contributed by atoms with E-state index in [1.807, 2.05) is 47.7 Å². The largest absolute Gasteiger partial charge is 0.496 e. The lowest BCUT2D eigenvalue weighted by Crippen LogP contribution is -1.89. The maximum Gasteiger partial charge on any atom is 0.257 e. The molecule has 78 valence electrons. The number of aryl methyl sites for hydroxylation is 1. The second-order valence-corrected chi connectivity index (χ2v) is 4.11. The van der Waals surface area contributed by atoms with Crippen LogP contribution >= 0.6 is 22.6 Å². The van der Waals surface area contributed by atoms with E-state index in [0.29, 0.717) is 3.90 Å². The van der Waals surface area contributed by atoms with E-state index in [1.54, 1.807) is 13.4 Å². The van der Waals surface area contributed by atoms with Crippen molar-refractivity contribution in [1.29, 1.82) is 0 Å². The number of oxazole rings is 1. The van der Waals surface area contributed by atoms with E-state index in [-0.39, 0.29) is 0 Å². The van der Waals surface area contributed by atoms with Gasteiger partial charge in [0.1, 0.15) is 17.7 Å². The van der Waals surface area contributed by atoms with E-state index in [0.717, 1.165) is 17.0 Å². The van der Waals surface area contributed by atoms with Gasteiger partial charge in [0.2, 0.25) is 0 Å². The third kappa shape index (κ3) is 2.14. The zero-order valence-electron chi connectivity index (χ0n) is 8.45. The molecule has 1 heterocycles. The molecule has 2 rings (SSSR count). The quantitative estimate of drug-likeness (QED) is 0.798. The molecule has 0 spiro atoms. The first kappa shape index (κ1) is 10.5. The van der Waals surface area contributed by atoms with Crippen LogP contribution in [0.25, 0.3) is 11.3 Å². The molecule has 2 aromatic rings. The molecule has 4 heteroatoms. The lowest BCUT2D eigenvalue weighted by molar-refractivity contribution is 0.416. The van der Waals surface area contributed by atoms with Gasteiger partial charge in [-0.25, -0.2) is 4.98 Å². The Morgan fingerprint density at radius 2 is 2.20 bits per heavy atom. The fraction of sp³-hybridized carbons (Fsp3) is 0.182. The average Bonchev–Trinajstić information content (AvgIpc) is 2.65. The average molecular weight is 315 g/mol. The van der Waals surface area contributed by atoms with Gasteiger partial charge in [-0.3, -0.25) is 0 Å². The number of aromatic nitrogens is 1. The van der Waals surface area contributed by atoms with E-state index in [2.05, 4.69) is 4.98 Å². The van der Waals surface area contributed by atoms with Crippen LogP contribution in [0.2, 0.25) is 0 Å². The van der Waals surface area contributed by atoms with Gasteiger partial charge < -0.3 is 9.15 Å². The summed E-state index contributed by atoms with van der Waals surface area (Å²) in [6.45, 7) is 2.04. The summed E-state index contributed by atoms with van der Waals surface area (Å²) in [6, 6.07) is 5.98. The molecule has 0 radical (unpaired) electrons. The van der Waals surface area contributed by atoms with Gasteiger partial charge in [0.15, 0.2) is 0 Å². The summed E-state index contributed by atoms with van der Waals surface area (Å²) in [4.78, 5) is 4.27. The van der Waals surface area contributed by atoms with E-state index < -0.39 is 0 Å². The standard InChI is InChI=1S/C11H10INO2/c1-7-3-4-10(14-2)8(5-7)9-6-15-11(12)13-9/h3-6H,1-2H3. The zero-order valence-corrected chi connectivity index (χ0v) is 10.6. The molecule has 3 nitrogen and oxygen atoms in total. The van der Waals surface area contributed by atoms with Crippen molar-refractivity contribution in [3.8, 4) is 17.0 Å². The summed E-state index contributed by atoms with van der Waals surface area (Å²) in [5, 5.41) is 0. The van der Waals surface area contributed by atoms with Crippen LogP contribution < -0.4 is 4.74 Å². The SMILES string of the molecule is COc1ccc(C)cc1-c1coc(I)n1. The molecular weight excluding hydrogens is 305 g/mol. The topological polar surface area (TPSA) is 35.3 Å². The highest BCUT2D eigenvalue weighted by Gasteiger charge is 2.10. The molecule has 0 aliphatic heterocycles. The number of nitrogens with zero attached hydrogens (tertiary/aromatic N) is 1. The molecule has 0 fully saturated rings. The van der Waals surface area contributed by atoms with Gasteiger partial charge in [0.25, 0.3) is 3.90 Å². The number of rotatable bonds is 2. The fourth-order valence-corrected chi connectivity index (χ4v) is 1.78. The summed E-state index contributed by atoms with van der Waals surface area (Å²) in [6.07, 6.45) is 1.64. The monoisotopic (exact) mass is 315 g/mol. The van der Waals surface area contributed by atoms with E-state index in [1.165, 1.54) is 5.56 Å². The van der Waals surface area contributed by atoms with Crippen LogP contribution in [0.4, 0.5) is 0 Å². The Morgan fingerprint density at radius 3 is 2.80 bits per heavy atom. The molecule has 1 aromatic carbocycles. The highest BCUT2D eigenvalue weighted by Crippen LogP contribution is 2.30. The summed E-state index contributed by atoms with van der Waals surface area (Å²) in [5.74, 6) is 0.810. The van der Waals surface area contributed by atoms with Gasteiger partial charge in [-0.2, -0.15) is 0 Å². The predicted octanol–water partition coefficient (Wildman–Crippen LogP) is 3.26. The van der Waals surface area contributed by atoms with Crippen molar-refractivity contribution in [2.24, 2.45) is 0 Å². The summed E-state index contributed by atoms with van der Waals surface area (Å²) >= 11 is 2.04. The lowest BCUT2D eigenvalue weighted by Gasteiger charge is -2.06. The molecule has 15 heavy (non-hydrogen) atoms. The predicted molar refractivity (Wildman–Crippen MR) is 65.9 cm³/mol. The molecule has 1 aromatic heterocycles. The van der Waals surface area contributed by atoms with Crippen molar-refractivity contribution in [1.82, 2.24) is 4.98 Å². The summed E-state index contributed by atoms with van der Waals surface area (Å²) in [7, 11) is 1.65. The molecule has 0 N–H and O–H groups in total. The normalized spacial score (nSPS) is 10.3. The number of halogens is 1.